The Bertz CT molecular complexity index is 417. The lowest BCUT2D eigenvalue weighted by Crippen LogP contribution is -2.03. The van der Waals surface area contributed by atoms with Gasteiger partial charge in [-0.3, -0.25) is 14.9 Å². The van der Waals surface area contributed by atoms with Crippen LogP contribution in [-0.2, 0) is 0 Å². The zero-order valence-corrected chi connectivity index (χ0v) is 7.28. The molecule has 0 saturated carbocycles. The van der Waals surface area contributed by atoms with E-state index in [0.29, 0.717) is 0 Å². The molecule has 1 rings (SSSR count). The molecule has 0 fully saturated rings. The first-order valence-electron chi connectivity index (χ1n) is 3.68. The number of non-ortho nitro benzene ring substituents is 1. The van der Waals surface area contributed by atoms with Gasteiger partial charge in [-0.25, -0.2) is 4.39 Å². The molecule has 6 heteroatoms. The summed E-state index contributed by atoms with van der Waals surface area (Å²) < 4.78 is 13.1. The molecule has 0 unspecified atom stereocenters. The first-order chi connectivity index (χ1) is 6.43. The van der Waals surface area contributed by atoms with Gasteiger partial charge in [0, 0.05) is 12.1 Å². The summed E-state index contributed by atoms with van der Waals surface area (Å²) >= 11 is 0. The number of Topliss-reactive ketones (excluding diaryl/α,β-unsaturated/α-hetero) is 1. The third-order valence-corrected chi connectivity index (χ3v) is 1.68. The summed E-state index contributed by atoms with van der Waals surface area (Å²) in [6, 6.07) is 1.75. The van der Waals surface area contributed by atoms with E-state index < -0.39 is 27.9 Å². The molecule has 0 amide bonds. The summed E-state index contributed by atoms with van der Waals surface area (Å²) in [5.74, 6) is -1.51. The van der Waals surface area contributed by atoms with E-state index in [2.05, 4.69) is 0 Å². The second kappa shape index (κ2) is 3.41. The van der Waals surface area contributed by atoms with Crippen molar-refractivity contribution in [2.75, 3.05) is 5.73 Å². The van der Waals surface area contributed by atoms with Crippen LogP contribution in [0.4, 0.5) is 15.8 Å². The van der Waals surface area contributed by atoms with Gasteiger partial charge in [-0.05, 0) is 6.92 Å². The molecule has 1 aromatic rings. The number of carbonyl (C=O) groups excluding carboxylic acids is 1. The highest BCUT2D eigenvalue weighted by Gasteiger charge is 2.17. The van der Waals surface area contributed by atoms with E-state index in [4.69, 9.17) is 5.73 Å². The van der Waals surface area contributed by atoms with E-state index in [-0.39, 0.29) is 5.56 Å². The Hall–Kier alpha value is -1.98. The number of hydrogen-bond acceptors (Lipinski definition) is 4. The van der Waals surface area contributed by atoms with E-state index in [1.165, 1.54) is 0 Å². The SMILES string of the molecule is CC(=O)c1cc([N+](=O)[O-])cc(N)c1F. The minimum absolute atomic E-state index is 0.364. The molecule has 0 aliphatic heterocycles. The number of nitrogen functional groups attached to an aromatic ring is 1. The fourth-order valence-corrected chi connectivity index (χ4v) is 0.993. The van der Waals surface area contributed by atoms with Gasteiger partial charge in [0.2, 0.25) is 0 Å². The maximum absolute atomic E-state index is 13.1. The van der Waals surface area contributed by atoms with Crippen molar-refractivity contribution in [2.45, 2.75) is 6.92 Å². The number of nitrogens with zero attached hydrogens (tertiary/aromatic N) is 1. The van der Waals surface area contributed by atoms with E-state index in [1.54, 1.807) is 0 Å². The van der Waals surface area contributed by atoms with Crippen molar-refractivity contribution in [3.63, 3.8) is 0 Å². The van der Waals surface area contributed by atoms with Crippen molar-refractivity contribution < 1.29 is 14.1 Å². The second-order valence-electron chi connectivity index (χ2n) is 2.71. The van der Waals surface area contributed by atoms with Crippen LogP contribution in [-0.4, -0.2) is 10.7 Å². The Kier molecular flexibility index (Phi) is 2.46. The molecular formula is C8H7FN2O3. The lowest BCUT2D eigenvalue weighted by Gasteiger charge is -2.01. The summed E-state index contributed by atoms with van der Waals surface area (Å²) in [7, 11) is 0. The topological polar surface area (TPSA) is 86.2 Å². The molecule has 0 saturated heterocycles. The van der Waals surface area contributed by atoms with Crippen molar-refractivity contribution in [1.82, 2.24) is 0 Å². The van der Waals surface area contributed by atoms with Crippen LogP contribution in [0.25, 0.3) is 0 Å². The number of halogens is 1. The highest BCUT2D eigenvalue weighted by molar-refractivity contribution is 5.96. The normalized spacial score (nSPS) is 9.86. The van der Waals surface area contributed by atoms with Crippen molar-refractivity contribution in [1.29, 1.82) is 0 Å². The molecule has 0 heterocycles. The third-order valence-electron chi connectivity index (χ3n) is 1.68. The summed E-state index contributed by atoms with van der Waals surface area (Å²) in [6.45, 7) is 1.11. The van der Waals surface area contributed by atoms with Gasteiger partial charge in [0.05, 0.1) is 16.2 Å². The van der Waals surface area contributed by atoms with Gasteiger partial charge in [0.1, 0.15) is 0 Å². The number of carbonyl (C=O) groups is 1. The summed E-state index contributed by atoms with van der Waals surface area (Å²) in [5, 5.41) is 10.4. The van der Waals surface area contributed by atoms with Crippen molar-refractivity contribution in [2.24, 2.45) is 0 Å². The average molecular weight is 198 g/mol. The molecule has 0 bridgehead atoms. The molecule has 14 heavy (non-hydrogen) atoms. The van der Waals surface area contributed by atoms with Crippen LogP contribution in [0.5, 0.6) is 0 Å². The van der Waals surface area contributed by atoms with E-state index >= 15 is 0 Å². The molecule has 0 atom stereocenters. The fraction of sp³-hybridized carbons (Fsp3) is 0.125. The van der Waals surface area contributed by atoms with Crippen molar-refractivity contribution in [3.05, 3.63) is 33.6 Å². The summed E-state index contributed by atoms with van der Waals surface area (Å²) in [5.41, 5.74) is 4.01. The van der Waals surface area contributed by atoms with Crippen molar-refractivity contribution in [3.8, 4) is 0 Å². The van der Waals surface area contributed by atoms with Crippen LogP contribution < -0.4 is 5.73 Å². The average Bonchev–Trinajstić information content (AvgIpc) is 2.08. The molecule has 5 nitrogen and oxygen atoms in total. The van der Waals surface area contributed by atoms with Gasteiger partial charge in [-0.15, -0.1) is 0 Å². The van der Waals surface area contributed by atoms with Gasteiger partial charge < -0.3 is 5.73 Å². The van der Waals surface area contributed by atoms with Crippen LogP contribution in [0.15, 0.2) is 12.1 Å². The minimum atomic E-state index is -0.914. The first kappa shape index (κ1) is 10.1. The quantitative estimate of drug-likeness (QED) is 0.338. The van der Waals surface area contributed by atoms with Gasteiger partial charge >= 0.3 is 0 Å². The first-order valence-corrected chi connectivity index (χ1v) is 3.68. The van der Waals surface area contributed by atoms with Gasteiger partial charge in [-0.2, -0.15) is 0 Å². The highest BCUT2D eigenvalue weighted by atomic mass is 19.1. The number of ketones is 1. The van der Waals surface area contributed by atoms with E-state index in [1.807, 2.05) is 0 Å². The fourth-order valence-electron chi connectivity index (χ4n) is 0.993. The Morgan fingerprint density at radius 2 is 2.14 bits per heavy atom. The number of hydrogen-bond donors (Lipinski definition) is 1. The molecule has 0 aliphatic carbocycles. The number of rotatable bonds is 2. The Morgan fingerprint density at radius 3 is 2.57 bits per heavy atom. The molecule has 0 aliphatic rings. The zero-order chi connectivity index (χ0) is 10.9. The van der Waals surface area contributed by atoms with Crippen LogP contribution in [0.3, 0.4) is 0 Å². The largest absolute Gasteiger partial charge is 0.396 e. The van der Waals surface area contributed by atoms with Gasteiger partial charge in [-0.1, -0.05) is 0 Å². The highest BCUT2D eigenvalue weighted by Crippen LogP contribution is 2.23. The van der Waals surface area contributed by atoms with Gasteiger partial charge in [0.25, 0.3) is 5.69 Å². The van der Waals surface area contributed by atoms with Crippen LogP contribution in [0.1, 0.15) is 17.3 Å². The number of nitro groups is 1. The molecular weight excluding hydrogens is 191 g/mol. The predicted molar refractivity (Wildman–Crippen MR) is 47.5 cm³/mol. The van der Waals surface area contributed by atoms with Gasteiger partial charge in [0.15, 0.2) is 11.6 Å². The number of anilines is 1. The zero-order valence-electron chi connectivity index (χ0n) is 7.28. The molecule has 2 N–H and O–H groups in total. The molecule has 0 spiro atoms. The monoisotopic (exact) mass is 198 g/mol. The maximum atomic E-state index is 13.1. The number of benzene rings is 1. The second-order valence-corrected chi connectivity index (χ2v) is 2.71. The molecule has 0 aromatic heterocycles. The predicted octanol–water partition coefficient (Wildman–Crippen LogP) is 1.52. The number of nitrogens with two attached hydrogens (primary N) is 1. The van der Waals surface area contributed by atoms with E-state index in [9.17, 15) is 19.3 Å². The third kappa shape index (κ3) is 1.68. The summed E-state index contributed by atoms with van der Waals surface area (Å²) in [4.78, 5) is 20.5. The van der Waals surface area contributed by atoms with Crippen molar-refractivity contribution >= 4 is 17.2 Å². The summed E-state index contributed by atoms with van der Waals surface area (Å²) in [6.07, 6.45) is 0. The standard InChI is InChI=1S/C8H7FN2O3/c1-4(12)6-2-5(11(13)14)3-7(10)8(6)9/h2-3H,10H2,1H3. The smallest absolute Gasteiger partial charge is 0.272 e. The minimum Gasteiger partial charge on any atom is -0.396 e. The number of nitro benzene ring substituents is 1. The van der Waals surface area contributed by atoms with Crippen LogP contribution in [0.2, 0.25) is 0 Å². The van der Waals surface area contributed by atoms with Crippen LogP contribution >= 0.6 is 0 Å². The van der Waals surface area contributed by atoms with Crippen LogP contribution in [0, 0.1) is 15.9 Å². The Balaban J connectivity index is 3.43. The molecule has 74 valence electrons. The lowest BCUT2D eigenvalue weighted by molar-refractivity contribution is -0.384. The Labute approximate surface area is 78.5 Å². The van der Waals surface area contributed by atoms with E-state index in [0.717, 1.165) is 19.1 Å². The molecule has 0 radical (unpaired) electrons. The maximum Gasteiger partial charge on any atom is 0.272 e. The lowest BCUT2D eigenvalue weighted by atomic mass is 10.1. The Morgan fingerprint density at radius 1 is 1.57 bits per heavy atom. The molecule has 1 aromatic carbocycles.